The van der Waals surface area contributed by atoms with Crippen LogP contribution in [-0.4, -0.2) is 75.3 Å². The summed E-state index contributed by atoms with van der Waals surface area (Å²) in [7, 11) is 0. The standard InChI is InChI=1S/C11H20O6S/c12-4-7-8(13)9(14)10(15)11(17-7)16-6-2-1-3-18-5-6/h6-15H,1-5H2. The highest BCUT2D eigenvalue weighted by molar-refractivity contribution is 7.99. The predicted octanol–water partition coefficient (Wildman–Crippen LogP) is -1.30. The molecule has 106 valence electrons. The van der Waals surface area contributed by atoms with Gasteiger partial charge in [0.05, 0.1) is 12.7 Å². The quantitative estimate of drug-likeness (QED) is 0.510. The molecule has 0 aromatic heterocycles. The number of thioether (sulfide) groups is 1. The average Bonchev–Trinajstić information content (AvgIpc) is 2.40. The maximum absolute atomic E-state index is 9.80. The van der Waals surface area contributed by atoms with Crippen molar-refractivity contribution in [3.63, 3.8) is 0 Å². The minimum atomic E-state index is -1.36. The molecule has 18 heavy (non-hydrogen) atoms. The van der Waals surface area contributed by atoms with Crippen molar-refractivity contribution in [1.29, 1.82) is 0 Å². The van der Waals surface area contributed by atoms with E-state index in [9.17, 15) is 15.3 Å². The molecule has 0 amide bonds. The Morgan fingerprint density at radius 1 is 1.17 bits per heavy atom. The van der Waals surface area contributed by atoms with Gasteiger partial charge in [-0.25, -0.2) is 0 Å². The molecule has 0 aromatic rings. The highest BCUT2D eigenvalue weighted by Crippen LogP contribution is 2.26. The Bertz CT molecular complexity index is 258. The van der Waals surface area contributed by atoms with Gasteiger partial charge in [-0.3, -0.25) is 0 Å². The normalized spacial score (nSPS) is 46.0. The van der Waals surface area contributed by atoms with Crippen molar-refractivity contribution in [3.05, 3.63) is 0 Å². The van der Waals surface area contributed by atoms with Crippen LogP contribution in [0.25, 0.3) is 0 Å². The Morgan fingerprint density at radius 2 is 1.94 bits per heavy atom. The lowest BCUT2D eigenvalue weighted by Gasteiger charge is -2.41. The van der Waals surface area contributed by atoms with E-state index in [0.29, 0.717) is 0 Å². The summed E-state index contributed by atoms with van der Waals surface area (Å²) in [5.41, 5.74) is 0. The minimum absolute atomic E-state index is 0.0230. The van der Waals surface area contributed by atoms with Crippen molar-refractivity contribution >= 4 is 11.8 Å². The summed E-state index contributed by atoms with van der Waals surface area (Å²) in [4.78, 5) is 0. The van der Waals surface area contributed by atoms with Crippen molar-refractivity contribution in [2.45, 2.75) is 49.7 Å². The van der Waals surface area contributed by atoms with Crippen molar-refractivity contribution in [2.24, 2.45) is 0 Å². The first-order chi connectivity index (χ1) is 8.63. The zero-order valence-corrected chi connectivity index (χ0v) is 10.8. The molecule has 0 aliphatic carbocycles. The Morgan fingerprint density at radius 3 is 2.56 bits per heavy atom. The van der Waals surface area contributed by atoms with E-state index >= 15 is 0 Å². The third kappa shape index (κ3) is 3.16. The summed E-state index contributed by atoms with van der Waals surface area (Å²) in [6.07, 6.45) is -3.97. The van der Waals surface area contributed by atoms with Crippen LogP contribution in [0.1, 0.15) is 12.8 Å². The van der Waals surface area contributed by atoms with Crippen LogP contribution < -0.4 is 0 Å². The van der Waals surface area contributed by atoms with Gasteiger partial charge < -0.3 is 29.9 Å². The lowest BCUT2D eigenvalue weighted by Crippen LogP contribution is -2.59. The van der Waals surface area contributed by atoms with Crippen LogP contribution in [-0.2, 0) is 9.47 Å². The van der Waals surface area contributed by atoms with Crippen LogP contribution >= 0.6 is 11.8 Å². The fourth-order valence-electron chi connectivity index (χ4n) is 2.19. The van der Waals surface area contributed by atoms with Crippen molar-refractivity contribution < 1.29 is 29.9 Å². The molecule has 2 aliphatic rings. The van der Waals surface area contributed by atoms with E-state index < -0.39 is 37.3 Å². The monoisotopic (exact) mass is 280 g/mol. The predicted molar refractivity (Wildman–Crippen MR) is 65.2 cm³/mol. The van der Waals surface area contributed by atoms with Gasteiger partial charge in [-0.05, 0) is 18.6 Å². The molecule has 4 N–H and O–H groups in total. The third-order valence-electron chi connectivity index (χ3n) is 3.29. The molecule has 6 atom stereocenters. The summed E-state index contributed by atoms with van der Waals surface area (Å²) in [5, 5.41) is 38.1. The van der Waals surface area contributed by atoms with E-state index in [1.54, 1.807) is 11.8 Å². The van der Waals surface area contributed by atoms with Gasteiger partial charge in [-0.2, -0.15) is 11.8 Å². The number of aliphatic hydroxyl groups excluding tert-OH is 4. The summed E-state index contributed by atoms with van der Waals surface area (Å²) < 4.78 is 10.9. The molecule has 0 bridgehead atoms. The molecule has 2 fully saturated rings. The van der Waals surface area contributed by atoms with Crippen LogP contribution in [0.3, 0.4) is 0 Å². The van der Waals surface area contributed by atoms with E-state index in [4.69, 9.17) is 14.6 Å². The molecular weight excluding hydrogens is 260 g/mol. The molecule has 2 rings (SSSR count). The van der Waals surface area contributed by atoms with Crippen molar-refractivity contribution in [1.82, 2.24) is 0 Å². The number of ether oxygens (including phenoxy) is 2. The van der Waals surface area contributed by atoms with Gasteiger partial charge in [0, 0.05) is 5.75 Å². The SMILES string of the molecule is OCC1OC(OC2CCCSC2)C(O)C(O)C1O. The zero-order chi connectivity index (χ0) is 13.1. The second-order valence-corrected chi connectivity index (χ2v) is 5.82. The second kappa shape index (κ2) is 6.51. The highest BCUT2D eigenvalue weighted by atomic mass is 32.2. The van der Waals surface area contributed by atoms with Gasteiger partial charge in [-0.1, -0.05) is 0 Å². The minimum Gasteiger partial charge on any atom is -0.394 e. The number of hydrogen-bond donors (Lipinski definition) is 4. The van der Waals surface area contributed by atoms with Gasteiger partial charge in [0.25, 0.3) is 0 Å². The summed E-state index contributed by atoms with van der Waals surface area (Å²) in [6, 6.07) is 0. The number of aliphatic hydroxyl groups is 4. The van der Waals surface area contributed by atoms with Crippen LogP contribution in [0.15, 0.2) is 0 Å². The molecule has 2 heterocycles. The van der Waals surface area contributed by atoms with E-state index in [-0.39, 0.29) is 6.10 Å². The Labute approximate surface area is 110 Å². The van der Waals surface area contributed by atoms with Gasteiger partial charge >= 0.3 is 0 Å². The molecule has 2 saturated heterocycles. The van der Waals surface area contributed by atoms with Crippen LogP contribution in [0, 0.1) is 0 Å². The van der Waals surface area contributed by atoms with E-state index in [0.717, 1.165) is 24.3 Å². The van der Waals surface area contributed by atoms with E-state index in [1.807, 2.05) is 0 Å². The molecule has 0 aromatic carbocycles. The zero-order valence-electron chi connectivity index (χ0n) is 10.0. The average molecular weight is 280 g/mol. The Balaban J connectivity index is 1.93. The van der Waals surface area contributed by atoms with Crippen LogP contribution in [0.2, 0.25) is 0 Å². The maximum Gasteiger partial charge on any atom is 0.186 e. The molecule has 0 saturated carbocycles. The van der Waals surface area contributed by atoms with Crippen molar-refractivity contribution in [2.75, 3.05) is 18.1 Å². The van der Waals surface area contributed by atoms with Crippen LogP contribution in [0.4, 0.5) is 0 Å². The first-order valence-electron chi connectivity index (χ1n) is 6.17. The highest BCUT2D eigenvalue weighted by Gasteiger charge is 2.44. The Kier molecular flexibility index (Phi) is 5.25. The van der Waals surface area contributed by atoms with Crippen molar-refractivity contribution in [3.8, 4) is 0 Å². The number of rotatable bonds is 3. The lowest BCUT2D eigenvalue weighted by atomic mass is 9.99. The summed E-state index contributed by atoms with van der Waals surface area (Å²) in [5.74, 6) is 1.93. The molecule has 0 radical (unpaired) electrons. The molecule has 2 aliphatic heterocycles. The first kappa shape index (κ1) is 14.5. The second-order valence-electron chi connectivity index (χ2n) is 4.67. The number of hydrogen-bond acceptors (Lipinski definition) is 7. The molecule has 0 spiro atoms. The van der Waals surface area contributed by atoms with Gasteiger partial charge in [0.2, 0.25) is 0 Å². The molecule has 6 unspecified atom stereocenters. The molecule has 7 heteroatoms. The topological polar surface area (TPSA) is 99.4 Å². The fourth-order valence-corrected chi connectivity index (χ4v) is 3.23. The van der Waals surface area contributed by atoms with E-state index in [2.05, 4.69) is 0 Å². The first-order valence-corrected chi connectivity index (χ1v) is 7.32. The molecule has 6 nitrogen and oxygen atoms in total. The Hall–Kier alpha value is 0.110. The lowest BCUT2D eigenvalue weighted by molar-refractivity contribution is -0.310. The van der Waals surface area contributed by atoms with E-state index in [1.165, 1.54) is 0 Å². The van der Waals surface area contributed by atoms with Gasteiger partial charge in [-0.15, -0.1) is 0 Å². The maximum atomic E-state index is 9.80. The third-order valence-corrected chi connectivity index (χ3v) is 4.48. The van der Waals surface area contributed by atoms with Gasteiger partial charge in [0.1, 0.15) is 24.4 Å². The van der Waals surface area contributed by atoms with Crippen LogP contribution in [0.5, 0.6) is 0 Å². The summed E-state index contributed by atoms with van der Waals surface area (Å²) >= 11 is 1.78. The largest absolute Gasteiger partial charge is 0.394 e. The summed E-state index contributed by atoms with van der Waals surface area (Å²) in [6.45, 7) is -0.426. The van der Waals surface area contributed by atoms with Gasteiger partial charge in [0.15, 0.2) is 6.29 Å². The fraction of sp³-hybridized carbons (Fsp3) is 1.00. The smallest absolute Gasteiger partial charge is 0.186 e. The molecular formula is C11H20O6S.